The molecule has 3 aliphatic carbocycles. The Morgan fingerprint density at radius 2 is 1.82 bits per heavy atom. The molecule has 3 unspecified atom stereocenters. The molecule has 22 heavy (non-hydrogen) atoms. The summed E-state index contributed by atoms with van der Waals surface area (Å²) in [6, 6.07) is 3.18. The summed E-state index contributed by atoms with van der Waals surface area (Å²) < 4.78 is 0. The van der Waals surface area contributed by atoms with Gasteiger partial charge in [0.05, 0.1) is 0 Å². The van der Waals surface area contributed by atoms with Crippen molar-refractivity contribution in [2.45, 2.75) is 43.4 Å². The molecule has 0 radical (unpaired) electrons. The minimum atomic E-state index is -0.813. The second-order valence-corrected chi connectivity index (χ2v) is 11.5. The molecule has 4 rings (SSSR count). The van der Waals surface area contributed by atoms with Crippen LogP contribution >= 0.6 is 0 Å². The molecular weight excluding hydrogens is 406 g/mol. The Bertz CT molecular complexity index is 428. The third-order valence-corrected chi connectivity index (χ3v) is 10.5. The Morgan fingerprint density at radius 1 is 1.09 bits per heavy atom. The topological polar surface area (TPSA) is 0 Å². The summed E-state index contributed by atoms with van der Waals surface area (Å²) in [6.45, 7) is 2.63. The minimum absolute atomic E-state index is 0. The summed E-state index contributed by atoms with van der Waals surface area (Å²) in [5.41, 5.74) is 1.00. The molecule has 118 valence electrons. The van der Waals surface area contributed by atoms with Gasteiger partial charge in [-0.05, 0) is 11.8 Å². The van der Waals surface area contributed by atoms with Gasteiger partial charge in [-0.15, -0.1) is 6.42 Å². The monoisotopic (exact) mass is 428 g/mol. The molecule has 1 saturated heterocycles. The fourth-order valence-corrected chi connectivity index (χ4v) is 8.04. The van der Waals surface area contributed by atoms with E-state index < -0.39 is 8.07 Å². The molecule has 4 heteroatoms. The molecule has 1 heterocycles. The van der Waals surface area contributed by atoms with Crippen LogP contribution in [-0.2, 0) is 26.2 Å². The van der Waals surface area contributed by atoms with Gasteiger partial charge in [-0.3, -0.25) is 6.08 Å². The predicted molar refractivity (Wildman–Crippen MR) is 85.3 cm³/mol. The molecule has 4 aliphatic rings. The molecule has 2 fully saturated rings. The molecule has 0 bridgehead atoms. The first-order valence-electron chi connectivity index (χ1n) is 7.70. The molecule has 3 atom stereocenters. The van der Waals surface area contributed by atoms with Gasteiger partial charge in [0, 0.05) is 8.07 Å². The smallest absolute Gasteiger partial charge is 1.00 e. The zero-order valence-electron chi connectivity index (χ0n) is 13.1. The van der Waals surface area contributed by atoms with Crippen LogP contribution in [0.1, 0.15) is 19.3 Å². The van der Waals surface area contributed by atoms with E-state index in [1.165, 1.54) is 12.8 Å². The Labute approximate surface area is 168 Å². The third kappa shape index (κ3) is 5.07. The number of hydrogen-bond donors (Lipinski definition) is 0. The van der Waals surface area contributed by atoms with Crippen molar-refractivity contribution in [2.75, 3.05) is 0 Å². The fourth-order valence-electron chi connectivity index (χ4n) is 3.91. The summed E-state index contributed by atoms with van der Waals surface area (Å²) in [7, 11) is -0.813. The maximum atomic E-state index is 2.99. The molecule has 0 amide bonds. The van der Waals surface area contributed by atoms with E-state index in [9.17, 15) is 0 Å². The van der Waals surface area contributed by atoms with Gasteiger partial charge < -0.3 is 31.2 Å². The van der Waals surface area contributed by atoms with Crippen molar-refractivity contribution in [3.63, 3.8) is 0 Å². The van der Waals surface area contributed by atoms with Crippen LogP contribution in [0.15, 0.2) is 42.5 Å². The fraction of sp³-hybridized carbons (Fsp3) is 0.500. The van der Waals surface area contributed by atoms with Crippen molar-refractivity contribution in [3.8, 4) is 0 Å². The summed E-state index contributed by atoms with van der Waals surface area (Å²) in [6.07, 6.45) is 24.9. The Kier molecular flexibility index (Phi) is 10.8. The van der Waals surface area contributed by atoms with E-state index in [4.69, 9.17) is 0 Å². The molecule has 0 aromatic carbocycles. The average Bonchev–Trinajstić information content (AvgIpc) is 3.08. The molecule has 0 nitrogen and oxygen atoms in total. The van der Waals surface area contributed by atoms with Crippen molar-refractivity contribution >= 4 is 8.07 Å². The van der Waals surface area contributed by atoms with Crippen LogP contribution in [0.2, 0.25) is 24.2 Å². The van der Waals surface area contributed by atoms with Crippen LogP contribution in [0.4, 0.5) is 0 Å². The minimum Gasteiger partial charge on any atom is -1.00 e. The van der Waals surface area contributed by atoms with E-state index in [0.717, 1.165) is 23.8 Å². The summed E-state index contributed by atoms with van der Waals surface area (Å²) >= 11 is 0. The second-order valence-electron chi connectivity index (χ2n) is 6.52. The van der Waals surface area contributed by atoms with Crippen LogP contribution in [-0.4, -0.2) is 8.07 Å². The van der Waals surface area contributed by atoms with Gasteiger partial charge in [-0.25, -0.2) is 12.2 Å². The van der Waals surface area contributed by atoms with Crippen LogP contribution < -0.4 is 24.8 Å². The van der Waals surface area contributed by atoms with Gasteiger partial charge >= 0.3 is 26.2 Å². The number of hydrogen-bond acceptors (Lipinski definition) is 0. The van der Waals surface area contributed by atoms with E-state index >= 15 is 0 Å². The van der Waals surface area contributed by atoms with E-state index in [-0.39, 0.29) is 51.0 Å². The SMILES string of the molecule is C[Si]1(C2[CH-]CC3C=CC=CC32)CCC1.[C-]1=CC=CC1.[Cl-].[Cl-].[Zr+4]. The van der Waals surface area contributed by atoms with Gasteiger partial charge in [0.1, 0.15) is 0 Å². The van der Waals surface area contributed by atoms with Crippen molar-refractivity contribution in [3.05, 3.63) is 55.0 Å². The first-order chi connectivity index (χ1) is 9.30. The third-order valence-electron chi connectivity index (χ3n) is 5.26. The van der Waals surface area contributed by atoms with Crippen molar-refractivity contribution in [1.82, 2.24) is 0 Å². The molecule has 0 N–H and O–H groups in total. The maximum Gasteiger partial charge on any atom is 4.00 e. The van der Waals surface area contributed by atoms with Crippen LogP contribution in [0, 0.1) is 24.3 Å². The first-order valence-corrected chi connectivity index (χ1v) is 10.7. The second kappa shape index (κ2) is 10.5. The van der Waals surface area contributed by atoms with Gasteiger partial charge in [0.15, 0.2) is 0 Å². The molecular formula is C18H24Cl2SiZr. The largest absolute Gasteiger partial charge is 4.00 e. The molecule has 0 aromatic rings. The van der Waals surface area contributed by atoms with Crippen molar-refractivity contribution < 1.29 is 51.0 Å². The normalized spacial score (nSPS) is 31.6. The molecule has 0 spiro atoms. The molecule has 1 aliphatic heterocycles. The summed E-state index contributed by atoms with van der Waals surface area (Å²) in [4.78, 5) is 0. The van der Waals surface area contributed by atoms with Gasteiger partial charge in [-0.2, -0.15) is 18.0 Å². The Hall–Kier alpha value is 0.640. The quantitative estimate of drug-likeness (QED) is 0.374. The molecule has 1 saturated carbocycles. The standard InChI is InChI=1S/C13H19Si.C5H5.2ClH.Zr/c1-14(9-4-10-14)13-8-7-11-5-2-3-6-12(11)13;1-2-4-5-3-1;;;/h2-3,5-6,8,11-13H,4,7,9-10H2,1H3;1-3H,4H2;2*1H;/q2*-1;;;+4/p-2. The Balaban J connectivity index is 0.000000482. The number of rotatable bonds is 1. The van der Waals surface area contributed by atoms with E-state index in [2.05, 4.69) is 49.4 Å². The van der Waals surface area contributed by atoms with Crippen LogP contribution in [0.25, 0.3) is 0 Å². The van der Waals surface area contributed by atoms with Crippen LogP contribution in [0.3, 0.4) is 0 Å². The van der Waals surface area contributed by atoms with Gasteiger partial charge in [0.2, 0.25) is 0 Å². The van der Waals surface area contributed by atoms with Gasteiger partial charge in [-0.1, -0.05) is 49.4 Å². The Morgan fingerprint density at radius 3 is 2.32 bits per heavy atom. The molecule has 0 aromatic heterocycles. The number of halogens is 2. The number of allylic oxidation sites excluding steroid dienone is 8. The number of fused-ring (bicyclic) bond motifs is 1. The van der Waals surface area contributed by atoms with Crippen molar-refractivity contribution in [1.29, 1.82) is 0 Å². The van der Waals surface area contributed by atoms with E-state index in [1.54, 1.807) is 12.1 Å². The average molecular weight is 431 g/mol. The van der Waals surface area contributed by atoms with E-state index in [0.29, 0.717) is 0 Å². The van der Waals surface area contributed by atoms with Gasteiger partial charge in [0.25, 0.3) is 0 Å². The summed E-state index contributed by atoms with van der Waals surface area (Å²) in [5.74, 6) is 1.74. The predicted octanol–water partition coefficient (Wildman–Crippen LogP) is -0.884. The maximum absolute atomic E-state index is 2.99. The van der Waals surface area contributed by atoms with Crippen molar-refractivity contribution in [2.24, 2.45) is 11.8 Å². The van der Waals surface area contributed by atoms with E-state index in [1.807, 2.05) is 12.2 Å². The first kappa shape index (κ1) is 22.6. The zero-order valence-corrected chi connectivity index (χ0v) is 18.1. The summed E-state index contributed by atoms with van der Waals surface area (Å²) in [5, 5.41) is 0. The zero-order chi connectivity index (χ0) is 13.1. The van der Waals surface area contributed by atoms with Crippen LogP contribution in [0.5, 0.6) is 0 Å².